The Kier molecular flexibility index (Phi) is 7.00. The highest BCUT2D eigenvalue weighted by atomic mass is 79.9. The van der Waals surface area contributed by atoms with Crippen LogP contribution in [0.2, 0.25) is 0 Å². The minimum atomic E-state index is -4.22. The smallest absolute Gasteiger partial charge is 0.269 e. The molecule has 0 N–H and O–H groups in total. The first-order valence-corrected chi connectivity index (χ1v) is 11.8. The van der Waals surface area contributed by atoms with Gasteiger partial charge in [0.1, 0.15) is 5.25 Å². The van der Waals surface area contributed by atoms with Crippen molar-refractivity contribution in [2.24, 2.45) is 0 Å². The number of Topliss-reactive ketones (excluding diaryl/α,β-unsaturated/α-hetero) is 2. The number of sulfone groups is 1. The molecule has 0 saturated heterocycles. The number of benzene rings is 3. The predicted octanol–water partition coefficient (Wildman–Crippen LogP) is 4.96. The molecule has 0 aliphatic rings. The lowest BCUT2D eigenvalue weighted by atomic mass is 10.0. The van der Waals surface area contributed by atoms with E-state index in [1.165, 1.54) is 24.3 Å². The number of carbonyl (C=O) groups is 2. The van der Waals surface area contributed by atoms with Crippen LogP contribution < -0.4 is 0 Å². The molecular weight excluding hydrogens is 498 g/mol. The van der Waals surface area contributed by atoms with E-state index in [0.717, 1.165) is 22.2 Å². The maximum absolute atomic E-state index is 13.4. The zero-order chi connectivity index (χ0) is 23.5. The van der Waals surface area contributed by atoms with Gasteiger partial charge in [0.25, 0.3) is 5.69 Å². The molecule has 0 bridgehead atoms. The third kappa shape index (κ3) is 5.17. The Bertz CT molecular complexity index is 1270. The lowest BCUT2D eigenvalue weighted by Crippen LogP contribution is -2.33. The minimum absolute atomic E-state index is 0.0279. The van der Waals surface area contributed by atoms with Crippen molar-refractivity contribution < 1.29 is 22.9 Å². The molecule has 3 rings (SSSR count). The monoisotopic (exact) mass is 515 g/mol. The molecule has 0 amide bonds. The molecule has 0 heterocycles. The van der Waals surface area contributed by atoms with Crippen molar-refractivity contribution in [1.82, 2.24) is 0 Å². The van der Waals surface area contributed by atoms with E-state index in [9.17, 15) is 28.1 Å². The fourth-order valence-electron chi connectivity index (χ4n) is 3.09. The van der Waals surface area contributed by atoms with Gasteiger partial charge in [0.05, 0.1) is 9.82 Å². The maximum Gasteiger partial charge on any atom is 0.269 e. The van der Waals surface area contributed by atoms with Crippen molar-refractivity contribution >= 4 is 43.0 Å². The molecule has 1 atom stereocenters. The summed E-state index contributed by atoms with van der Waals surface area (Å²) in [5.74, 6) is -1.31. The first kappa shape index (κ1) is 23.5. The molecule has 3 aromatic rings. The van der Waals surface area contributed by atoms with E-state index < -0.39 is 38.0 Å². The number of ketones is 2. The maximum atomic E-state index is 13.4. The molecule has 0 saturated carbocycles. The van der Waals surface area contributed by atoms with Crippen LogP contribution in [0, 0.1) is 17.0 Å². The van der Waals surface area contributed by atoms with Gasteiger partial charge in [-0.2, -0.15) is 0 Å². The van der Waals surface area contributed by atoms with Gasteiger partial charge in [-0.05, 0) is 43.3 Å². The third-order valence-corrected chi connectivity index (χ3v) is 7.50. The summed E-state index contributed by atoms with van der Waals surface area (Å²) in [6.45, 7) is 1.80. The van der Waals surface area contributed by atoms with Crippen molar-refractivity contribution in [1.29, 1.82) is 0 Å². The van der Waals surface area contributed by atoms with Crippen LogP contribution in [0.25, 0.3) is 0 Å². The van der Waals surface area contributed by atoms with E-state index in [1.807, 2.05) is 0 Å². The normalized spacial score (nSPS) is 12.2. The van der Waals surface area contributed by atoms with E-state index in [2.05, 4.69) is 15.9 Å². The number of halogens is 1. The number of nitro groups is 1. The van der Waals surface area contributed by atoms with Crippen molar-refractivity contribution in [2.75, 3.05) is 0 Å². The molecular formula is C23H18BrNO6S. The Morgan fingerprint density at radius 2 is 1.44 bits per heavy atom. The number of non-ortho nitro benzene ring substituents is 1. The summed E-state index contributed by atoms with van der Waals surface area (Å²) in [4.78, 5) is 36.3. The zero-order valence-electron chi connectivity index (χ0n) is 16.9. The van der Waals surface area contributed by atoms with Crippen molar-refractivity contribution in [3.8, 4) is 0 Å². The van der Waals surface area contributed by atoms with Gasteiger partial charge in [-0.1, -0.05) is 45.8 Å². The lowest BCUT2D eigenvalue weighted by Gasteiger charge is -2.17. The molecule has 0 aliphatic carbocycles. The van der Waals surface area contributed by atoms with E-state index in [-0.39, 0.29) is 21.7 Å². The van der Waals surface area contributed by atoms with Crippen LogP contribution in [0.4, 0.5) is 5.69 Å². The molecule has 164 valence electrons. The number of aryl methyl sites for hydroxylation is 1. The third-order valence-electron chi connectivity index (χ3n) is 4.92. The summed E-state index contributed by atoms with van der Waals surface area (Å²) in [6.07, 6.45) is -0.562. The number of hydrogen-bond acceptors (Lipinski definition) is 6. The van der Waals surface area contributed by atoms with E-state index in [1.54, 1.807) is 43.3 Å². The number of nitrogens with zero attached hydrogens (tertiary/aromatic N) is 1. The Balaban J connectivity index is 2.02. The average molecular weight is 516 g/mol. The Hall–Kier alpha value is -3.17. The summed E-state index contributed by atoms with van der Waals surface area (Å²) >= 11 is 3.27. The number of carbonyl (C=O) groups excluding carboxylic acids is 2. The second kappa shape index (κ2) is 9.54. The Morgan fingerprint density at radius 3 is 1.97 bits per heavy atom. The average Bonchev–Trinajstić information content (AvgIpc) is 2.77. The van der Waals surface area contributed by atoms with Crippen LogP contribution in [0.5, 0.6) is 0 Å². The summed E-state index contributed by atoms with van der Waals surface area (Å²) in [6, 6.07) is 17.0. The molecule has 0 unspecified atom stereocenters. The highest BCUT2D eigenvalue weighted by molar-refractivity contribution is 9.10. The quantitative estimate of drug-likeness (QED) is 0.238. The van der Waals surface area contributed by atoms with Gasteiger partial charge < -0.3 is 0 Å². The molecule has 0 radical (unpaired) electrons. The topological polar surface area (TPSA) is 111 Å². The molecule has 32 heavy (non-hydrogen) atoms. The summed E-state index contributed by atoms with van der Waals surface area (Å²) in [5.41, 5.74) is 0.854. The number of hydrogen-bond donors (Lipinski definition) is 0. The molecule has 0 aliphatic heterocycles. The SMILES string of the molecule is Cc1ccc(S(=O)(=O)[C@H](CC(=O)c2ccc(Br)cc2)C(=O)c2ccc([N+](=O)[O-])cc2)cc1. The molecule has 7 nitrogen and oxygen atoms in total. The summed E-state index contributed by atoms with van der Waals surface area (Å²) < 4.78 is 27.5. The van der Waals surface area contributed by atoms with Crippen molar-refractivity contribution in [2.45, 2.75) is 23.5 Å². The molecule has 3 aromatic carbocycles. The van der Waals surface area contributed by atoms with Crippen LogP contribution in [0.3, 0.4) is 0 Å². The van der Waals surface area contributed by atoms with E-state index >= 15 is 0 Å². The van der Waals surface area contributed by atoms with E-state index in [0.29, 0.717) is 0 Å². The van der Waals surface area contributed by atoms with Crippen LogP contribution >= 0.6 is 15.9 Å². The van der Waals surface area contributed by atoms with Gasteiger partial charge >= 0.3 is 0 Å². The Labute approximate surface area is 193 Å². The predicted molar refractivity (Wildman–Crippen MR) is 123 cm³/mol. The second-order valence-electron chi connectivity index (χ2n) is 7.15. The molecule has 0 aromatic heterocycles. The van der Waals surface area contributed by atoms with Crippen LogP contribution in [-0.4, -0.2) is 30.2 Å². The van der Waals surface area contributed by atoms with Crippen LogP contribution in [-0.2, 0) is 9.84 Å². The van der Waals surface area contributed by atoms with Gasteiger partial charge in [0.15, 0.2) is 21.4 Å². The minimum Gasteiger partial charge on any atom is -0.294 e. The van der Waals surface area contributed by atoms with Gasteiger partial charge in [-0.15, -0.1) is 0 Å². The second-order valence-corrected chi connectivity index (χ2v) is 10.2. The zero-order valence-corrected chi connectivity index (χ0v) is 19.3. The highest BCUT2D eigenvalue weighted by Gasteiger charge is 2.36. The molecule has 0 fully saturated rings. The fraction of sp³-hybridized carbons (Fsp3) is 0.130. The van der Waals surface area contributed by atoms with E-state index in [4.69, 9.17) is 0 Å². The van der Waals surface area contributed by atoms with Crippen LogP contribution in [0.15, 0.2) is 82.2 Å². The highest BCUT2D eigenvalue weighted by Crippen LogP contribution is 2.25. The van der Waals surface area contributed by atoms with Gasteiger partial charge in [-0.3, -0.25) is 19.7 Å². The summed E-state index contributed by atoms with van der Waals surface area (Å²) in [5, 5.41) is 9.21. The molecule has 9 heteroatoms. The van der Waals surface area contributed by atoms with Gasteiger partial charge in [-0.25, -0.2) is 8.42 Å². The van der Waals surface area contributed by atoms with Gasteiger partial charge in [0.2, 0.25) is 0 Å². The van der Waals surface area contributed by atoms with Crippen molar-refractivity contribution in [3.05, 3.63) is 104 Å². The number of rotatable bonds is 8. The molecule has 0 spiro atoms. The fourth-order valence-corrected chi connectivity index (χ4v) is 4.99. The standard InChI is InChI=1S/C23H18BrNO6S/c1-15-2-12-20(13-3-15)32(30,31)22(14-21(26)16-4-8-18(24)9-5-16)23(27)17-6-10-19(11-7-17)25(28)29/h2-13,22H,14H2,1H3/t22-/m1/s1. The number of nitro benzene ring substituents is 1. The lowest BCUT2D eigenvalue weighted by molar-refractivity contribution is -0.384. The van der Waals surface area contributed by atoms with Crippen LogP contribution in [0.1, 0.15) is 32.7 Å². The first-order valence-electron chi connectivity index (χ1n) is 9.47. The van der Waals surface area contributed by atoms with Gasteiger partial charge in [0, 0.05) is 34.2 Å². The largest absolute Gasteiger partial charge is 0.294 e. The Morgan fingerprint density at radius 1 is 0.906 bits per heavy atom. The van der Waals surface area contributed by atoms with Crippen molar-refractivity contribution in [3.63, 3.8) is 0 Å². The summed E-state index contributed by atoms with van der Waals surface area (Å²) in [7, 11) is -4.22. The first-order chi connectivity index (χ1) is 15.1.